The Morgan fingerprint density at radius 3 is 2.64 bits per heavy atom. The van der Waals surface area contributed by atoms with E-state index in [1.165, 1.54) is 6.42 Å². The molecular weight excluding hydrogens is 397 g/mol. The Labute approximate surface area is 165 Å². The average Bonchev–Trinajstić information content (AvgIpc) is 3.05. The molecule has 1 N–H and O–H groups in total. The number of hydrogen-bond acceptors (Lipinski definition) is 5. The zero-order valence-corrected chi connectivity index (χ0v) is 16.5. The van der Waals surface area contributed by atoms with Crippen LogP contribution < -0.4 is 0 Å². The first-order chi connectivity index (χ1) is 13.1. The van der Waals surface area contributed by atoms with Crippen LogP contribution >= 0.6 is 11.3 Å². The third-order valence-electron chi connectivity index (χ3n) is 4.82. The number of carboxylic acid groups (broad SMARTS) is 1. The highest BCUT2D eigenvalue weighted by molar-refractivity contribution is 7.08. The molecule has 158 valence electrons. The van der Waals surface area contributed by atoms with Crippen LogP contribution in [0.2, 0.25) is 0 Å². The topological polar surface area (TPSA) is 70.1 Å². The van der Waals surface area contributed by atoms with Gasteiger partial charge in [-0.25, -0.2) is 4.79 Å². The number of thiophene rings is 1. The van der Waals surface area contributed by atoms with Crippen LogP contribution in [0.5, 0.6) is 0 Å². The van der Waals surface area contributed by atoms with Crippen molar-refractivity contribution in [2.45, 2.75) is 25.4 Å². The van der Waals surface area contributed by atoms with Gasteiger partial charge in [0.15, 0.2) is 0 Å². The molecule has 3 heterocycles. The molecule has 0 bridgehead atoms. The second-order valence-corrected chi connectivity index (χ2v) is 8.10. The number of rotatable bonds is 2. The van der Waals surface area contributed by atoms with Gasteiger partial charge in [-0.15, -0.1) is 0 Å². The summed E-state index contributed by atoms with van der Waals surface area (Å²) in [4.78, 5) is 25.8. The van der Waals surface area contributed by atoms with Gasteiger partial charge in [0.1, 0.15) is 0 Å². The van der Waals surface area contributed by atoms with Crippen molar-refractivity contribution in [3.8, 4) is 0 Å². The summed E-state index contributed by atoms with van der Waals surface area (Å²) in [5, 5.41) is 11.2. The minimum Gasteiger partial charge on any atom is -0.475 e. The Bertz CT molecular complexity index is 654. The Balaban J connectivity index is 0.000000345. The van der Waals surface area contributed by atoms with Crippen LogP contribution in [0.3, 0.4) is 0 Å². The van der Waals surface area contributed by atoms with Crippen molar-refractivity contribution in [2.75, 3.05) is 46.4 Å². The molecule has 3 rings (SSSR count). The number of hydrogen-bond donors (Lipinski definition) is 1. The van der Waals surface area contributed by atoms with E-state index in [0.29, 0.717) is 6.42 Å². The number of carboxylic acids is 1. The van der Waals surface area contributed by atoms with E-state index in [1.54, 1.807) is 11.3 Å². The lowest BCUT2D eigenvalue weighted by Gasteiger charge is -2.43. The maximum absolute atomic E-state index is 12.5. The number of alkyl halides is 3. The van der Waals surface area contributed by atoms with Gasteiger partial charge in [-0.05, 0) is 42.3 Å². The van der Waals surface area contributed by atoms with Crippen LogP contribution in [-0.2, 0) is 20.7 Å². The Morgan fingerprint density at radius 1 is 1.32 bits per heavy atom. The molecule has 0 aromatic carbocycles. The summed E-state index contributed by atoms with van der Waals surface area (Å²) >= 11 is 1.66. The first-order valence-electron chi connectivity index (χ1n) is 8.97. The molecule has 6 nitrogen and oxygen atoms in total. The number of likely N-dealkylation sites (tertiary alicyclic amines) is 1. The van der Waals surface area contributed by atoms with Crippen molar-refractivity contribution in [2.24, 2.45) is 5.41 Å². The number of ether oxygens (including phenoxy) is 1. The van der Waals surface area contributed by atoms with Crippen LogP contribution in [0.4, 0.5) is 13.2 Å². The highest BCUT2D eigenvalue weighted by Crippen LogP contribution is 2.33. The largest absolute Gasteiger partial charge is 0.490 e. The van der Waals surface area contributed by atoms with Crippen LogP contribution in [0, 0.1) is 5.41 Å². The lowest BCUT2D eigenvalue weighted by Crippen LogP contribution is -2.52. The van der Waals surface area contributed by atoms with E-state index in [-0.39, 0.29) is 11.3 Å². The van der Waals surface area contributed by atoms with Gasteiger partial charge in [0.2, 0.25) is 5.91 Å². The number of halogens is 3. The SMILES string of the molecule is CN1CCOCC2(CCCN(C(=O)Cc3ccsc3)C2)C1.O=C(O)C(F)(F)F. The van der Waals surface area contributed by atoms with Crippen LogP contribution in [0.1, 0.15) is 18.4 Å². The van der Waals surface area contributed by atoms with Crippen molar-refractivity contribution in [3.63, 3.8) is 0 Å². The summed E-state index contributed by atoms with van der Waals surface area (Å²) in [6.07, 6.45) is -2.29. The monoisotopic (exact) mass is 422 g/mol. The molecule has 2 fully saturated rings. The molecule has 1 aromatic rings. The van der Waals surface area contributed by atoms with E-state index in [9.17, 15) is 18.0 Å². The summed E-state index contributed by atoms with van der Waals surface area (Å²) in [6, 6.07) is 2.05. The lowest BCUT2D eigenvalue weighted by molar-refractivity contribution is -0.192. The average molecular weight is 422 g/mol. The van der Waals surface area contributed by atoms with Gasteiger partial charge in [-0.2, -0.15) is 24.5 Å². The molecule has 0 saturated carbocycles. The second kappa shape index (κ2) is 9.71. The van der Waals surface area contributed by atoms with Crippen molar-refractivity contribution >= 4 is 23.2 Å². The second-order valence-electron chi connectivity index (χ2n) is 7.32. The van der Waals surface area contributed by atoms with E-state index in [4.69, 9.17) is 14.6 Å². The van der Waals surface area contributed by atoms with Crippen molar-refractivity contribution in [1.29, 1.82) is 0 Å². The Kier molecular flexibility index (Phi) is 7.85. The fourth-order valence-electron chi connectivity index (χ4n) is 3.55. The third-order valence-corrected chi connectivity index (χ3v) is 5.56. The molecule has 0 radical (unpaired) electrons. The minimum absolute atomic E-state index is 0.133. The van der Waals surface area contributed by atoms with Gasteiger partial charge in [-0.3, -0.25) is 4.79 Å². The summed E-state index contributed by atoms with van der Waals surface area (Å²) in [7, 11) is 2.16. The fourth-order valence-corrected chi connectivity index (χ4v) is 4.22. The quantitative estimate of drug-likeness (QED) is 0.793. The maximum atomic E-state index is 12.5. The highest BCUT2D eigenvalue weighted by Gasteiger charge is 2.39. The fraction of sp³-hybridized carbons (Fsp3) is 0.667. The zero-order valence-electron chi connectivity index (χ0n) is 15.7. The van der Waals surface area contributed by atoms with E-state index < -0.39 is 12.1 Å². The van der Waals surface area contributed by atoms with Crippen LogP contribution in [0.15, 0.2) is 16.8 Å². The first kappa shape index (κ1) is 22.6. The van der Waals surface area contributed by atoms with Gasteiger partial charge in [0.25, 0.3) is 0 Å². The highest BCUT2D eigenvalue weighted by atomic mass is 32.1. The molecule has 2 saturated heterocycles. The molecule has 28 heavy (non-hydrogen) atoms. The van der Waals surface area contributed by atoms with Crippen LogP contribution in [0.25, 0.3) is 0 Å². The predicted molar refractivity (Wildman–Crippen MR) is 98.3 cm³/mol. The van der Waals surface area contributed by atoms with Gasteiger partial charge >= 0.3 is 12.1 Å². The number of nitrogens with zero attached hydrogens (tertiary/aromatic N) is 2. The molecule has 1 aromatic heterocycles. The minimum atomic E-state index is -5.08. The number of likely N-dealkylation sites (N-methyl/N-ethyl adjacent to an activating group) is 1. The van der Waals surface area contributed by atoms with Gasteiger partial charge in [-0.1, -0.05) is 0 Å². The molecule has 1 spiro atoms. The lowest BCUT2D eigenvalue weighted by atomic mass is 9.80. The van der Waals surface area contributed by atoms with E-state index in [0.717, 1.165) is 51.4 Å². The van der Waals surface area contributed by atoms with Crippen molar-refractivity contribution in [1.82, 2.24) is 9.80 Å². The molecule has 0 aliphatic carbocycles. The number of carbonyl (C=O) groups is 2. The van der Waals surface area contributed by atoms with Crippen LogP contribution in [-0.4, -0.2) is 79.4 Å². The van der Waals surface area contributed by atoms with Crippen molar-refractivity contribution < 1.29 is 32.6 Å². The van der Waals surface area contributed by atoms with Crippen molar-refractivity contribution in [3.05, 3.63) is 22.4 Å². The normalized spacial score (nSPS) is 23.6. The molecule has 2 aliphatic heterocycles. The van der Waals surface area contributed by atoms with E-state index >= 15 is 0 Å². The summed E-state index contributed by atoms with van der Waals surface area (Å²) in [5.41, 5.74) is 1.27. The number of amides is 1. The number of piperidine rings is 1. The summed E-state index contributed by atoms with van der Waals surface area (Å²) < 4.78 is 37.6. The smallest absolute Gasteiger partial charge is 0.475 e. The van der Waals surface area contributed by atoms with Gasteiger partial charge in [0, 0.05) is 31.6 Å². The van der Waals surface area contributed by atoms with E-state index in [1.807, 2.05) is 11.4 Å². The number of carbonyl (C=O) groups excluding carboxylic acids is 1. The molecule has 2 aliphatic rings. The first-order valence-corrected chi connectivity index (χ1v) is 9.91. The van der Waals surface area contributed by atoms with E-state index in [2.05, 4.69) is 22.2 Å². The molecule has 1 amide bonds. The Hall–Kier alpha value is -1.65. The van der Waals surface area contributed by atoms with Gasteiger partial charge < -0.3 is 19.6 Å². The predicted octanol–water partition coefficient (Wildman–Crippen LogP) is 2.49. The summed E-state index contributed by atoms with van der Waals surface area (Å²) in [6.45, 7) is 5.37. The molecule has 10 heteroatoms. The number of aliphatic carboxylic acids is 1. The molecule has 1 unspecified atom stereocenters. The zero-order chi connectivity index (χ0) is 20.8. The Morgan fingerprint density at radius 2 is 2.04 bits per heavy atom. The molecular formula is C18H25F3N2O4S. The standard InChI is InChI=1S/C16H24N2O2S.C2HF3O2/c1-17-6-7-20-13-16(11-17)4-2-5-18(12-16)15(19)9-14-3-8-21-10-14;3-2(4,5)1(6)7/h3,8,10H,2,4-7,9,11-13H2,1H3;(H,6,7). The van der Waals surface area contributed by atoms with Gasteiger partial charge in [0.05, 0.1) is 19.6 Å². The molecule has 1 atom stereocenters. The maximum Gasteiger partial charge on any atom is 0.490 e. The summed E-state index contributed by atoms with van der Waals surface area (Å²) in [5.74, 6) is -2.49. The third kappa shape index (κ3) is 6.75.